The Morgan fingerprint density at radius 3 is 2.35 bits per heavy atom. The van der Waals surface area contributed by atoms with Gasteiger partial charge in [-0.25, -0.2) is 9.78 Å². The maximum Gasteiger partial charge on any atom is 0.496 e. The van der Waals surface area contributed by atoms with Crippen LogP contribution in [0.1, 0.15) is 38.2 Å². The first-order chi connectivity index (χ1) is 9.18. The Balaban J connectivity index is 2.37. The molecule has 1 aliphatic heterocycles. The molecule has 0 atom stereocenters. The van der Waals surface area contributed by atoms with E-state index in [0.29, 0.717) is 10.5 Å². The highest BCUT2D eigenvalue weighted by Crippen LogP contribution is 2.36. The zero-order chi connectivity index (χ0) is 15.1. The van der Waals surface area contributed by atoms with E-state index >= 15 is 0 Å². The van der Waals surface area contributed by atoms with Gasteiger partial charge >= 0.3 is 13.1 Å². The van der Waals surface area contributed by atoms with Crippen LogP contribution in [0.3, 0.4) is 0 Å². The topological polar surface area (TPSA) is 57.7 Å². The van der Waals surface area contributed by atoms with Gasteiger partial charge in [-0.15, -0.1) is 0 Å². The maximum atomic E-state index is 11.5. The molecular formula is C13H17BClNO4. The van der Waals surface area contributed by atoms with Crippen LogP contribution in [-0.2, 0) is 14.0 Å². The van der Waals surface area contributed by atoms with E-state index in [1.165, 1.54) is 19.4 Å². The molecule has 0 unspecified atom stereocenters. The summed E-state index contributed by atoms with van der Waals surface area (Å²) in [5.74, 6) is -0.528. The summed E-state index contributed by atoms with van der Waals surface area (Å²) in [5, 5.41) is 0.385. The largest absolute Gasteiger partial charge is 0.496 e. The van der Waals surface area contributed by atoms with Gasteiger partial charge in [-0.1, -0.05) is 11.6 Å². The lowest BCUT2D eigenvalue weighted by molar-refractivity contribution is 0.00578. The molecule has 2 rings (SSSR count). The zero-order valence-corrected chi connectivity index (χ0v) is 12.9. The van der Waals surface area contributed by atoms with Crippen LogP contribution in [-0.4, -0.2) is 36.4 Å². The Morgan fingerprint density at radius 1 is 1.30 bits per heavy atom. The molecule has 0 saturated carbocycles. The summed E-state index contributed by atoms with van der Waals surface area (Å²) >= 11 is 6.14. The second kappa shape index (κ2) is 5.02. The minimum Gasteiger partial charge on any atom is -0.464 e. The SMILES string of the molecule is COC(=O)c1cc(B2OC(C)(C)C(C)(C)O2)c(Cl)cn1. The van der Waals surface area contributed by atoms with Crippen LogP contribution in [0.5, 0.6) is 0 Å². The Hall–Kier alpha value is -1.11. The third kappa shape index (κ3) is 2.55. The molecule has 0 amide bonds. The van der Waals surface area contributed by atoms with E-state index in [1.807, 2.05) is 27.7 Å². The molecule has 1 saturated heterocycles. The fourth-order valence-corrected chi connectivity index (χ4v) is 2.01. The molecule has 1 aromatic heterocycles. The number of carbonyl (C=O) groups excluding carboxylic acids is 1. The van der Waals surface area contributed by atoms with E-state index < -0.39 is 24.3 Å². The molecule has 0 aliphatic carbocycles. The van der Waals surface area contributed by atoms with Gasteiger partial charge in [0.1, 0.15) is 5.69 Å². The Kier molecular flexibility index (Phi) is 3.84. The molecule has 5 nitrogen and oxygen atoms in total. The lowest BCUT2D eigenvalue weighted by atomic mass is 9.79. The summed E-state index contributed by atoms with van der Waals surface area (Å²) in [7, 11) is 0.659. The van der Waals surface area contributed by atoms with Crippen molar-refractivity contribution >= 4 is 30.2 Å². The number of ether oxygens (including phenoxy) is 1. The van der Waals surface area contributed by atoms with Gasteiger partial charge in [0.15, 0.2) is 0 Å². The summed E-state index contributed by atoms with van der Waals surface area (Å²) in [4.78, 5) is 15.5. The average Bonchev–Trinajstić information content (AvgIpc) is 2.58. The highest BCUT2D eigenvalue weighted by Gasteiger charge is 2.52. The highest BCUT2D eigenvalue weighted by molar-refractivity contribution is 6.65. The second-order valence-corrected chi connectivity index (χ2v) is 6.08. The Bertz CT molecular complexity index is 531. The molecule has 1 aliphatic rings. The number of pyridine rings is 1. The quantitative estimate of drug-likeness (QED) is 0.615. The highest BCUT2D eigenvalue weighted by atomic mass is 35.5. The predicted molar refractivity (Wildman–Crippen MR) is 76.3 cm³/mol. The van der Waals surface area contributed by atoms with E-state index in [4.69, 9.17) is 20.9 Å². The van der Waals surface area contributed by atoms with Crippen molar-refractivity contribution in [2.75, 3.05) is 7.11 Å². The van der Waals surface area contributed by atoms with Crippen molar-refractivity contribution in [3.05, 3.63) is 23.0 Å². The van der Waals surface area contributed by atoms with E-state index in [0.717, 1.165) is 0 Å². The van der Waals surface area contributed by atoms with Crippen LogP contribution in [0, 0.1) is 0 Å². The number of rotatable bonds is 2. The number of halogens is 1. The van der Waals surface area contributed by atoms with Crippen molar-refractivity contribution in [2.24, 2.45) is 0 Å². The van der Waals surface area contributed by atoms with E-state index in [2.05, 4.69) is 9.72 Å². The van der Waals surface area contributed by atoms with Gasteiger partial charge in [-0.3, -0.25) is 0 Å². The number of hydrogen-bond donors (Lipinski definition) is 0. The zero-order valence-electron chi connectivity index (χ0n) is 12.2. The molecule has 0 radical (unpaired) electrons. The van der Waals surface area contributed by atoms with Crippen molar-refractivity contribution in [3.63, 3.8) is 0 Å². The Morgan fingerprint density at radius 2 is 1.85 bits per heavy atom. The predicted octanol–water partition coefficient (Wildman–Crippen LogP) is 1.82. The monoisotopic (exact) mass is 297 g/mol. The van der Waals surface area contributed by atoms with Gasteiger partial charge in [0.2, 0.25) is 0 Å². The first-order valence-corrected chi connectivity index (χ1v) is 6.65. The first-order valence-electron chi connectivity index (χ1n) is 6.27. The van der Waals surface area contributed by atoms with Gasteiger partial charge in [0.05, 0.1) is 23.3 Å². The van der Waals surface area contributed by atoms with E-state index in [-0.39, 0.29) is 5.69 Å². The van der Waals surface area contributed by atoms with E-state index in [9.17, 15) is 4.79 Å². The number of hydrogen-bond acceptors (Lipinski definition) is 5. The summed E-state index contributed by atoms with van der Waals surface area (Å²) in [5.41, 5.74) is -0.215. The molecular weight excluding hydrogens is 280 g/mol. The molecule has 20 heavy (non-hydrogen) atoms. The van der Waals surface area contributed by atoms with Crippen molar-refractivity contribution in [1.82, 2.24) is 4.98 Å². The number of nitrogens with zero attached hydrogens (tertiary/aromatic N) is 1. The maximum absolute atomic E-state index is 11.5. The average molecular weight is 298 g/mol. The van der Waals surface area contributed by atoms with Crippen molar-refractivity contribution in [3.8, 4) is 0 Å². The first kappa shape index (κ1) is 15.3. The van der Waals surface area contributed by atoms with Gasteiger partial charge < -0.3 is 14.0 Å². The normalized spacial score (nSPS) is 20.0. The molecule has 2 heterocycles. The summed E-state index contributed by atoms with van der Waals surface area (Å²) < 4.78 is 16.5. The number of aromatic nitrogens is 1. The Labute approximate surface area is 123 Å². The van der Waals surface area contributed by atoms with Crippen LogP contribution in [0.25, 0.3) is 0 Å². The molecule has 0 bridgehead atoms. The second-order valence-electron chi connectivity index (χ2n) is 5.67. The van der Waals surface area contributed by atoms with Crippen LogP contribution in [0.4, 0.5) is 0 Å². The smallest absolute Gasteiger partial charge is 0.464 e. The van der Waals surface area contributed by atoms with Gasteiger partial charge in [0, 0.05) is 11.7 Å². The molecule has 108 valence electrons. The molecule has 7 heteroatoms. The fourth-order valence-electron chi connectivity index (χ4n) is 1.82. The molecule has 0 N–H and O–H groups in total. The summed E-state index contributed by atoms with van der Waals surface area (Å²) in [6.07, 6.45) is 1.40. The third-order valence-corrected chi connectivity index (χ3v) is 4.10. The fraction of sp³-hybridized carbons (Fsp3) is 0.538. The van der Waals surface area contributed by atoms with Crippen LogP contribution < -0.4 is 5.46 Å². The van der Waals surface area contributed by atoms with Crippen LogP contribution in [0.15, 0.2) is 12.3 Å². The number of methoxy groups -OCH3 is 1. The van der Waals surface area contributed by atoms with E-state index in [1.54, 1.807) is 0 Å². The lowest BCUT2D eigenvalue weighted by Gasteiger charge is -2.32. The molecule has 1 aromatic rings. The number of esters is 1. The van der Waals surface area contributed by atoms with Gasteiger partial charge in [-0.2, -0.15) is 0 Å². The molecule has 0 spiro atoms. The third-order valence-electron chi connectivity index (χ3n) is 3.79. The minimum atomic E-state index is -0.640. The summed E-state index contributed by atoms with van der Waals surface area (Å²) in [6, 6.07) is 1.54. The minimum absolute atomic E-state index is 0.168. The van der Waals surface area contributed by atoms with Crippen molar-refractivity contribution in [1.29, 1.82) is 0 Å². The molecule has 0 aromatic carbocycles. The van der Waals surface area contributed by atoms with Crippen molar-refractivity contribution < 1.29 is 18.8 Å². The lowest BCUT2D eigenvalue weighted by Crippen LogP contribution is -2.41. The molecule has 1 fully saturated rings. The van der Waals surface area contributed by atoms with Crippen LogP contribution >= 0.6 is 11.6 Å². The standard InChI is InChI=1S/C13H17BClNO4/c1-12(2)13(3,4)20-14(19-12)8-6-10(11(17)18-5)16-7-9(8)15/h6-7H,1-5H3. The summed E-state index contributed by atoms with van der Waals surface area (Å²) in [6.45, 7) is 7.79. The van der Waals surface area contributed by atoms with Crippen molar-refractivity contribution in [2.45, 2.75) is 38.9 Å². The number of carbonyl (C=O) groups is 1. The van der Waals surface area contributed by atoms with Crippen LogP contribution in [0.2, 0.25) is 5.02 Å². The van der Waals surface area contributed by atoms with Gasteiger partial charge in [-0.05, 0) is 33.8 Å². The van der Waals surface area contributed by atoms with Gasteiger partial charge in [0.25, 0.3) is 0 Å².